The van der Waals surface area contributed by atoms with E-state index < -0.39 is 0 Å². The molecule has 0 unspecified atom stereocenters. The zero-order valence-corrected chi connectivity index (χ0v) is 13.0. The maximum atomic E-state index is 12.0. The average Bonchev–Trinajstić information content (AvgIpc) is 2.76. The number of ether oxygens (including phenoxy) is 1. The Hall–Kier alpha value is -0.0700. The molecule has 0 saturated heterocycles. The molecule has 0 saturated carbocycles. The topological polar surface area (TPSA) is 38.3 Å². The number of alkyl halides is 2. The van der Waals surface area contributed by atoms with Crippen LogP contribution in [0.25, 0.3) is 0 Å². The Morgan fingerprint density at radius 3 is 2.69 bits per heavy atom. The number of hydrogen-bond acceptors (Lipinski definition) is 3. The van der Waals surface area contributed by atoms with Crippen LogP contribution in [0.4, 0.5) is 0 Å². The van der Waals surface area contributed by atoms with Gasteiger partial charge in [0.25, 0.3) is 5.91 Å². The van der Waals surface area contributed by atoms with Crippen LogP contribution in [0.3, 0.4) is 0 Å². The Kier molecular flexibility index (Phi) is 5.27. The second-order valence-corrected chi connectivity index (χ2v) is 5.64. The van der Waals surface area contributed by atoms with Crippen molar-refractivity contribution in [2.75, 3.05) is 17.8 Å². The van der Waals surface area contributed by atoms with Gasteiger partial charge in [0.2, 0.25) is 0 Å². The minimum absolute atomic E-state index is 0.103. The monoisotopic (exact) mass is 369 g/mol. The molecule has 0 radical (unpaired) electrons. The first-order valence-electron chi connectivity index (χ1n) is 4.62. The van der Waals surface area contributed by atoms with Crippen molar-refractivity contribution >= 4 is 49.1 Å². The van der Waals surface area contributed by atoms with Crippen LogP contribution in [0.15, 0.2) is 11.4 Å². The lowest BCUT2D eigenvalue weighted by Crippen LogP contribution is -2.48. The summed E-state index contributed by atoms with van der Waals surface area (Å²) in [5, 5.41) is 6.18. The first kappa shape index (κ1) is 14.0. The maximum absolute atomic E-state index is 12.0. The molecular formula is C10H13Br2NO2S. The normalized spacial score (nSPS) is 11.2. The molecule has 0 aliphatic carbocycles. The zero-order valence-electron chi connectivity index (χ0n) is 9.05. The van der Waals surface area contributed by atoms with Crippen LogP contribution >= 0.6 is 43.2 Å². The van der Waals surface area contributed by atoms with Gasteiger partial charge in [-0.15, -0.1) is 11.3 Å². The Labute approximate surface area is 116 Å². The van der Waals surface area contributed by atoms with Crippen LogP contribution in [0.5, 0.6) is 5.75 Å². The van der Waals surface area contributed by atoms with Crippen molar-refractivity contribution in [3.05, 3.63) is 16.3 Å². The molecule has 6 heteroatoms. The number of methoxy groups -OCH3 is 1. The van der Waals surface area contributed by atoms with Gasteiger partial charge in [-0.3, -0.25) is 4.79 Å². The van der Waals surface area contributed by atoms with Crippen LogP contribution in [0.2, 0.25) is 0 Å². The standard InChI is InChI=1S/C10H13Br2NO2S/c1-10(5-11,6-12)13-9(14)8-7(15-2)3-4-16-8/h3-4H,5-6H2,1-2H3,(H,13,14). The van der Waals surface area contributed by atoms with Crippen molar-refractivity contribution in [2.45, 2.75) is 12.5 Å². The Morgan fingerprint density at radius 1 is 1.56 bits per heavy atom. The first-order valence-corrected chi connectivity index (χ1v) is 7.74. The number of thiophene rings is 1. The number of amides is 1. The minimum atomic E-state index is -0.300. The van der Waals surface area contributed by atoms with Gasteiger partial charge in [-0.1, -0.05) is 31.9 Å². The highest BCUT2D eigenvalue weighted by Gasteiger charge is 2.26. The van der Waals surface area contributed by atoms with Gasteiger partial charge < -0.3 is 10.1 Å². The molecule has 1 N–H and O–H groups in total. The van der Waals surface area contributed by atoms with Crippen molar-refractivity contribution in [2.24, 2.45) is 0 Å². The number of carbonyl (C=O) groups is 1. The van der Waals surface area contributed by atoms with E-state index in [1.54, 1.807) is 13.2 Å². The molecule has 3 nitrogen and oxygen atoms in total. The molecule has 1 heterocycles. The third-order valence-corrected chi connectivity index (χ3v) is 5.43. The first-order chi connectivity index (χ1) is 7.56. The van der Waals surface area contributed by atoms with Crippen molar-refractivity contribution < 1.29 is 9.53 Å². The van der Waals surface area contributed by atoms with Gasteiger partial charge in [-0.25, -0.2) is 0 Å². The van der Waals surface area contributed by atoms with Crippen molar-refractivity contribution in [3.8, 4) is 5.75 Å². The summed E-state index contributed by atoms with van der Waals surface area (Å²) >= 11 is 8.15. The van der Waals surface area contributed by atoms with Crippen LogP contribution in [0, 0.1) is 0 Å². The van der Waals surface area contributed by atoms with Gasteiger partial charge in [0.15, 0.2) is 0 Å². The summed E-state index contributed by atoms with van der Waals surface area (Å²) < 4.78 is 5.11. The van der Waals surface area contributed by atoms with Crippen LogP contribution in [0.1, 0.15) is 16.6 Å². The minimum Gasteiger partial charge on any atom is -0.495 e. The Morgan fingerprint density at radius 2 is 2.19 bits per heavy atom. The van der Waals surface area contributed by atoms with Gasteiger partial charge in [-0.05, 0) is 18.4 Å². The van der Waals surface area contributed by atoms with Crippen LogP contribution in [-0.2, 0) is 0 Å². The molecule has 0 atom stereocenters. The molecule has 0 aliphatic rings. The molecule has 1 aromatic heterocycles. The molecule has 0 aromatic carbocycles. The SMILES string of the molecule is COc1ccsc1C(=O)NC(C)(CBr)CBr. The predicted molar refractivity (Wildman–Crippen MR) is 74.3 cm³/mol. The van der Waals surface area contributed by atoms with E-state index in [-0.39, 0.29) is 11.4 Å². The predicted octanol–water partition coefficient (Wildman–Crippen LogP) is 3.04. The number of carbonyl (C=O) groups excluding carboxylic acids is 1. The van der Waals surface area contributed by atoms with E-state index >= 15 is 0 Å². The number of halogens is 2. The van der Waals surface area contributed by atoms with E-state index in [0.29, 0.717) is 21.3 Å². The van der Waals surface area contributed by atoms with Crippen molar-refractivity contribution in [1.29, 1.82) is 0 Å². The van der Waals surface area contributed by atoms with E-state index in [1.807, 2.05) is 12.3 Å². The van der Waals surface area contributed by atoms with Crippen LogP contribution < -0.4 is 10.1 Å². The average molecular weight is 371 g/mol. The van der Waals surface area contributed by atoms with Gasteiger partial charge in [0, 0.05) is 10.7 Å². The summed E-state index contributed by atoms with van der Waals surface area (Å²) in [7, 11) is 1.56. The Balaban J connectivity index is 2.80. The van der Waals surface area contributed by atoms with E-state index in [4.69, 9.17) is 4.74 Å². The Bertz CT molecular complexity index is 363. The molecule has 1 rings (SSSR count). The number of nitrogens with one attached hydrogen (secondary N) is 1. The quantitative estimate of drug-likeness (QED) is 0.809. The van der Waals surface area contributed by atoms with Gasteiger partial charge in [0.1, 0.15) is 10.6 Å². The summed E-state index contributed by atoms with van der Waals surface area (Å²) in [5.41, 5.74) is -0.300. The molecule has 0 bridgehead atoms. The summed E-state index contributed by atoms with van der Waals surface area (Å²) in [6.45, 7) is 1.97. The molecule has 0 fully saturated rings. The summed E-state index contributed by atoms with van der Waals surface area (Å²) in [6.07, 6.45) is 0. The second kappa shape index (κ2) is 6.02. The molecule has 90 valence electrons. The summed E-state index contributed by atoms with van der Waals surface area (Å²) in [4.78, 5) is 12.6. The third-order valence-electron chi connectivity index (χ3n) is 2.06. The lowest BCUT2D eigenvalue weighted by molar-refractivity contribution is 0.0924. The highest BCUT2D eigenvalue weighted by molar-refractivity contribution is 9.09. The molecule has 1 amide bonds. The lowest BCUT2D eigenvalue weighted by atomic mass is 10.1. The smallest absolute Gasteiger partial charge is 0.265 e. The third kappa shape index (κ3) is 3.21. The molecule has 16 heavy (non-hydrogen) atoms. The van der Waals surface area contributed by atoms with Crippen LogP contribution in [-0.4, -0.2) is 29.2 Å². The van der Waals surface area contributed by atoms with E-state index in [1.165, 1.54) is 11.3 Å². The highest BCUT2D eigenvalue weighted by atomic mass is 79.9. The second-order valence-electron chi connectivity index (χ2n) is 3.60. The molecular weight excluding hydrogens is 358 g/mol. The molecule has 1 aromatic rings. The fourth-order valence-corrected chi connectivity index (χ4v) is 3.02. The zero-order chi connectivity index (χ0) is 12.2. The van der Waals surface area contributed by atoms with Crippen molar-refractivity contribution in [1.82, 2.24) is 5.32 Å². The summed E-state index contributed by atoms with van der Waals surface area (Å²) in [6, 6.07) is 1.79. The fraction of sp³-hybridized carbons (Fsp3) is 0.500. The van der Waals surface area contributed by atoms with Gasteiger partial charge in [0.05, 0.1) is 12.6 Å². The summed E-state index contributed by atoms with van der Waals surface area (Å²) in [5.74, 6) is 0.516. The van der Waals surface area contributed by atoms with Crippen molar-refractivity contribution in [3.63, 3.8) is 0 Å². The largest absolute Gasteiger partial charge is 0.495 e. The molecule has 0 aliphatic heterocycles. The maximum Gasteiger partial charge on any atom is 0.265 e. The van der Waals surface area contributed by atoms with Gasteiger partial charge >= 0.3 is 0 Å². The van der Waals surface area contributed by atoms with E-state index in [0.717, 1.165) is 0 Å². The number of rotatable bonds is 5. The van der Waals surface area contributed by atoms with E-state index in [9.17, 15) is 4.79 Å². The fourth-order valence-electron chi connectivity index (χ4n) is 1.06. The molecule has 0 spiro atoms. The van der Waals surface area contributed by atoms with Gasteiger partial charge in [-0.2, -0.15) is 0 Å². The lowest BCUT2D eigenvalue weighted by Gasteiger charge is -2.26. The number of hydrogen-bond donors (Lipinski definition) is 1. The highest BCUT2D eigenvalue weighted by Crippen LogP contribution is 2.25. The van der Waals surface area contributed by atoms with E-state index in [2.05, 4.69) is 37.2 Å².